The molecule has 2 aliphatic heterocycles. The molecule has 0 aliphatic carbocycles. The van der Waals surface area contributed by atoms with Crippen molar-refractivity contribution in [3.8, 4) is 0 Å². The van der Waals surface area contributed by atoms with E-state index in [-0.39, 0.29) is 0 Å². The highest BCUT2D eigenvalue weighted by Gasteiger charge is 2.28. The average molecular weight is 225 g/mol. The first-order chi connectivity index (χ1) is 7.66. The van der Waals surface area contributed by atoms with Gasteiger partial charge < -0.3 is 10.2 Å². The molecule has 2 aliphatic rings. The fourth-order valence-corrected chi connectivity index (χ4v) is 3.01. The molecule has 0 bridgehead atoms. The van der Waals surface area contributed by atoms with E-state index >= 15 is 0 Å². The van der Waals surface area contributed by atoms with Crippen molar-refractivity contribution in [1.29, 1.82) is 0 Å². The van der Waals surface area contributed by atoms with Crippen molar-refractivity contribution in [3.05, 3.63) is 0 Å². The van der Waals surface area contributed by atoms with Crippen molar-refractivity contribution in [3.63, 3.8) is 0 Å². The summed E-state index contributed by atoms with van der Waals surface area (Å²) in [5.41, 5.74) is 0. The van der Waals surface area contributed by atoms with E-state index in [0.29, 0.717) is 6.04 Å². The van der Waals surface area contributed by atoms with Crippen LogP contribution in [0, 0.1) is 0 Å². The Hall–Kier alpha value is -0.120. The van der Waals surface area contributed by atoms with Gasteiger partial charge in [-0.25, -0.2) is 0 Å². The summed E-state index contributed by atoms with van der Waals surface area (Å²) in [5.74, 6) is 0. The van der Waals surface area contributed by atoms with Crippen LogP contribution in [0.2, 0.25) is 0 Å². The lowest BCUT2D eigenvalue weighted by molar-refractivity contribution is 0.202. The smallest absolute Gasteiger partial charge is 0.0233 e. The zero-order chi connectivity index (χ0) is 11.5. The summed E-state index contributed by atoms with van der Waals surface area (Å²) < 4.78 is 0. The van der Waals surface area contributed by atoms with Crippen molar-refractivity contribution >= 4 is 0 Å². The second kappa shape index (κ2) is 5.48. The van der Waals surface area contributed by atoms with Crippen LogP contribution in [0.5, 0.6) is 0 Å². The van der Waals surface area contributed by atoms with E-state index in [4.69, 9.17) is 0 Å². The fraction of sp³-hybridized carbons (Fsp3) is 1.00. The highest BCUT2D eigenvalue weighted by molar-refractivity contribution is 4.86. The van der Waals surface area contributed by atoms with E-state index in [1.54, 1.807) is 0 Å². The van der Waals surface area contributed by atoms with E-state index in [0.717, 1.165) is 12.1 Å². The second-order valence-corrected chi connectivity index (χ2v) is 5.76. The van der Waals surface area contributed by atoms with Crippen molar-refractivity contribution in [2.75, 3.05) is 33.2 Å². The molecule has 0 aromatic heterocycles. The molecule has 0 radical (unpaired) electrons. The largest absolute Gasteiger partial charge is 0.313 e. The van der Waals surface area contributed by atoms with Crippen LogP contribution in [-0.4, -0.2) is 61.2 Å². The molecule has 2 fully saturated rings. The summed E-state index contributed by atoms with van der Waals surface area (Å²) in [6.07, 6.45) is 4.08. The standard InChI is InChI=1S/C13H27N3/c1-11(2)16-8-6-13(10-16)15(3)9-12-5-4-7-14-12/h11-14H,4-10H2,1-3H3. The zero-order valence-electron chi connectivity index (χ0n) is 11.1. The lowest BCUT2D eigenvalue weighted by Crippen LogP contribution is -2.42. The van der Waals surface area contributed by atoms with Gasteiger partial charge in [0.1, 0.15) is 0 Å². The van der Waals surface area contributed by atoms with Gasteiger partial charge >= 0.3 is 0 Å². The molecular weight excluding hydrogens is 198 g/mol. The second-order valence-electron chi connectivity index (χ2n) is 5.76. The van der Waals surface area contributed by atoms with Gasteiger partial charge in [0.15, 0.2) is 0 Å². The number of hydrogen-bond acceptors (Lipinski definition) is 3. The van der Waals surface area contributed by atoms with Gasteiger partial charge in [0.25, 0.3) is 0 Å². The van der Waals surface area contributed by atoms with E-state index in [2.05, 4.69) is 36.0 Å². The van der Waals surface area contributed by atoms with Gasteiger partial charge in [-0.1, -0.05) is 0 Å². The van der Waals surface area contributed by atoms with Crippen LogP contribution >= 0.6 is 0 Å². The average Bonchev–Trinajstić information content (AvgIpc) is 2.86. The first-order valence-electron chi connectivity index (χ1n) is 6.84. The number of likely N-dealkylation sites (N-methyl/N-ethyl adjacent to an activating group) is 1. The third-order valence-corrected chi connectivity index (χ3v) is 4.22. The Labute approximate surface area is 100 Å². The minimum atomic E-state index is 0.711. The van der Waals surface area contributed by atoms with Gasteiger partial charge in [0.2, 0.25) is 0 Å². The van der Waals surface area contributed by atoms with E-state index in [1.165, 1.54) is 45.4 Å². The Bertz CT molecular complexity index is 211. The summed E-state index contributed by atoms with van der Waals surface area (Å²) >= 11 is 0. The van der Waals surface area contributed by atoms with E-state index < -0.39 is 0 Å². The van der Waals surface area contributed by atoms with Crippen molar-refractivity contribution < 1.29 is 0 Å². The van der Waals surface area contributed by atoms with Crippen LogP contribution in [0.4, 0.5) is 0 Å². The quantitative estimate of drug-likeness (QED) is 0.774. The molecule has 3 nitrogen and oxygen atoms in total. The minimum absolute atomic E-state index is 0.711. The van der Waals surface area contributed by atoms with Gasteiger partial charge in [-0.3, -0.25) is 4.90 Å². The number of nitrogens with one attached hydrogen (secondary N) is 1. The number of rotatable bonds is 4. The van der Waals surface area contributed by atoms with Crippen LogP contribution in [0.15, 0.2) is 0 Å². The van der Waals surface area contributed by atoms with Crippen LogP contribution < -0.4 is 5.32 Å². The SMILES string of the molecule is CC(C)N1CCC(N(C)CC2CCCN2)C1. The third kappa shape index (κ3) is 2.96. The highest BCUT2D eigenvalue weighted by atomic mass is 15.3. The number of likely N-dealkylation sites (tertiary alicyclic amines) is 1. The maximum Gasteiger partial charge on any atom is 0.0233 e. The molecule has 0 aromatic carbocycles. The molecule has 2 saturated heterocycles. The molecule has 2 rings (SSSR count). The zero-order valence-corrected chi connectivity index (χ0v) is 11.1. The Balaban J connectivity index is 1.75. The van der Waals surface area contributed by atoms with Gasteiger partial charge in [-0.2, -0.15) is 0 Å². The van der Waals surface area contributed by atoms with Gasteiger partial charge in [-0.15, -0.1) is 0 Å². The lowest BCUT2D eigenvalue weighted by Gasteiger charge is -2.28. The number of nitrogens with zero attached hydrogens (tertiary/aromatic N) is 2. The maximum atomic E-state index is 3.59. The van der Waals surface area contributed by atoms with Gasteiger partial charge in [0, 0.05) is 37.8 Å². The summed E-state index contributed by atoms with van der Waals surface area (Å²) in [7, 11) is 2.30. The maximum absolute atomic E-state index is 3.59. The Morgan fingerprint density at radius 2 is 2.19 bits per heavy atom. The molecule has 1 N–H and O–H groups in total. The highest BCUT2D eigenvalue weighted by Crippen LogP contribution is 2.18. The fourth-order valence-electron chi connectivity index (χ4n) is 3.01. The molecule has 3 heteroatoms. The summed E-state index contributed by atoms with van der Waals surface area (Å²) in [5, 5.41) is 3.59. The summed E-state index contributed by atoms with van der Waals surface area (Å²) in [4.78, 5) is 5.18. The first-order valence-corrected chi connectivity index (χ1v) is 6.84. The van der Waals surface area contributed by atoms with Crippen LogP contribution in [0.25, 0.3) is 0 Å². The van der Waals surface area contributed by atoms with Gasteiger partial charge in [-0.05, 0) is 46.7 Å². The molecule has 2 unspecified atom stereocenters. The van der Waals surface area contributed by atoms with Crippen LogP contribution in [-0.2, 0) is 0 Å². The van der Waals surface area contributed by atoms with Crippen molar-refractivity contribution in [1.82, 2.24) is 15.1 Å². The third-order valence-electron chi connectivity index (χ3n) is 4.22. The van der Waals surface area contributed by atoms with E-state index in [1.807, 2.05) is 0 Å². The topological polar surface area (TPSA) is 18.5 Å². The van der Waals surface area contributed by atoms with Crippen LogP contribution in [0.3, 0.4) is 0 Å². The Morgan fingerprint density at radius 1 is 1.38 bits per heavy atom. The van der Waals surface area contributed by atoms with Crippen molar-refractivity contribution in [2.24, 2.45) is 0 Å². The molecule has 2 atom stereocenters. The monoisotopic (exact) mass is 225 g/mol. The normalized spacial score (nSPS) is 32.1. The van der Waals surface area contributed by atoms with E-state index in [9.17, 15) is 0 Å². The minimum Gasteiger partial charge on any atom is -0.313 e. The summed E-state index contributed by atoms with van der Waals surface area (Å²) in [6, 6.07) is 2.24. The predicted octanol–water partition coefficient (Wildman–Crippen LogP) is 1.15. The van der Waals surface area contributed by atoms with Crippen molar-refractivity contribution in [2.45, 2.75) is 51.2 Å². The van der Waals surface area contributed by atoms with Crippen LogP contribution in [0.1, 0.15) is 33.1 Å². The molecule has 0 amide bonds. The molecule has 0 spiro atoms. The predicted molar refractivity (Wildman–Crippen MR) is 68.8 cm³/mol. The molecule has 0 aromatic rings. The Morgan fingerprint density at radius 3 is 2.75 bits per heavy atom. The van der Waals surface area contributed by atoms with Gasteiger partial charge in [0.05, 0.1) is 0 Å². The number of hydrogen-bond donors (Lipinski definition) is 1. The molecule has 94 valence electrons. The lowest BCUT2D eigenvalue weighted by atomic mass is 10.1. The molecule has 0 saturated carbocycles. The first kappa shape index (κ1) is 12.3. The molecular formula is C13H27N3. The molecule has 16 heavy (non-hydrogen) atoms. The summed E-state index contributed by atoms with van der Waals surface area (Å²) in [6.45, 7) is 9.62. The molecule has 2 heterocycles. The Kier molecular flexibility index (Phi) is 4.22.